The smallest absolute Gasteiger partial charge is 0.144 e. The number of nitrogens with one attached hydrogen (secondary N) is 2. The van der Waals surface area contributed by atoms with Crippen LogP contribution >= 0.6 is 0 Å². The largest absolute Gasteiger partial charge is 0.395 e. The Bertz CT molecular complexity index is 470. The zero-order valence-electron chi connectivity index (χ0n) is 19.3. The van der Waals surface area contributed by atoms with Crippen LogP contribution in [0.4, 0.5) is 0 Å². The third-order valence-electron chi connectivity index (χ3n) is 4.97. The van der Waals surface area contributed by atoms with Gasteiger partial charge in [-0.25, -0.2) is 0 Å². The van der Waals surface area contributed by atoms with Crippen molar-refractivity contribution in [3.05, 3.63) is 36.1 Å². The lowest BCUT2D eigenvalue weighted by Crippen LogP contribution is -2.34. The van der Waals surface area contributed by atoms with Gasteiger partial charge < -0.3 is 26.3 Å². The Morgan fingerprint density at radius 2 is 1.83 bits per heavy atom. The second-order valence-electron chi connectivity index (χ2n) is 7.04. The molecule has 1 saturated carbocycles. The summed E-state index contributed by atoms with van der Waals surface area (Å²) in [5, 5.41) is 15.2. The van der Waals surface area contributed by atoms with Crippen molar-refractivity contribution in [1.29, 1.82) is 0 Å². The third-order valence-corrected chi connectivity index (χ3v) is 4.97. The summed E-state index contributed by atoms with van der Waals surface area (Å²) in [6.07, 6.45) is 19.7. The number of rotatable bonds is 8. The van der Waals surface area contributed by atoms with Gasteiger partial charge in [0.2, 0.25) is 0 Å². The second kappa shape index (κ2) is 23.5. The van der Waals surface area contributed by atoms with Gasteiger partial charge >= 0.3 is 0 Å². The van der Waals surface area contributed by atoms with E-state index in [0.29, 0.717) is 31.1 Å². The topological polar surface area (TPSA) is 104 Å². The Morgan fingerprint density at radius 1 is 1.20 bits per heavy atom. The molecule has 2 atom stereocenters. The fourth-order valence-corrected chi connectivity index (χ4v) is 3.36. The Kier molecular flexibility index (Phi) is 23.9. The minimum absolute atomic E-state index is 0.219. The molecule has 2 rings (SSSR count). The first-order chi connectivity index (χ1) is 14.7. The molecule has 0 aliphatic heterocycles. The van der Waals surface area contributed by atoms with Crippen LogP contribution in [0.25, 0.3) is 0 Å². The molecule has 2 aliphatic carbocycles. The molecule has 0 bridgehead atoms. The molecule has 0 saturated heterocycles. The van der Waals surface area contributed by atoms with Crippen LogP contribution in [0.3, 0.4) is 0 Å². The first-order valence-electron chi connectivity index (χ1n) is 11.3. The van der Waals surface area contributed by atoms with Crippen LogP contribution in [0.2, 0.25) is 0 Å². The maximum atomic E-state index is 10.3. The van der Waals surface area contributed by atoms with Gasteiger partial charge in [-0.1, -0.05) is 63.8 Å². The van der Waals surface area contributed by atoms with E-state index in [1.54, 1.807) is 0 Å². The van der Waals surface area contributed by atoms with Crippen LogP contribution in [-0.4, -0.2) is 50.0 Å². The highest BCUT2D eigenvalue weighted by molar-refractivity contribution is 5.66. The van der Waals surface area contributed by atoms with Gasteiger partial charge in [-0.15, -0.1) is 0 Å². The Morgan fingerprint density at radius 3 is 2.30 bits per heavy atom. The molecule has 0 aromatic carbocycles. The van der Waals surface area contributed by atoms with Crippen molar-refractivity contribution in [3.63, 3.8) is 0 Å². The molecule has 174 valence electrons. The Hall–Kier alpha value is -1.76. The van der Waals surface area contributed by atoms with E-state index in [1.807, 2.05) is 20.6 Å². The molecular weight excluding hydrogens is 378 g/mol. The van der Waals surface area contributed by atoms with Crippen LogP contribution in [-0.2, 0) is 9.59 Å². The Balaban J connectivity index is 0. The van der Waals surface area contributed by atoms with Gasteiger partial charge in [-0.2, -0.15) is 0 Å². The predicted molar refractivity (Wildman–Crippen MR) is 127 cm³/mol. The van der Waals surface area contributed by atoms with Crippen molar-refractivity contribution in [2.45, 2.75) is 77.8 Å². The number of allylic oxidation sites excluding steroid dienone is 4. The summed E-state index contributed by atoms with van der Waals surface area (Å²) in [5.41, 5.74) is 6.39. The fraction of sp³-hybridized carbons (Fsp3) is 0.667. The van der Waals surface area contributed by atoms with Crippen LogP contribution in [0, 0.1) is 5.92 Å². The van der Waals surface area contributed by atoms with E-state index in [1.165, 1.54) is 44.6 Å². The molecule has 6 nitrogen and oxygen atoms in total. The zero-order valence-corrected chi connectivity index (χ0v) is 19.3. The summed E-state index contributed by atoms with van der Waals surface area (Å²) in [6.45, 7) is 9.49. The zero-order chi connectivity index (χ0) is 23.0. The number of carbonyl (C=O) groups excluding carboxylic acids is 2. The minimum atomic E-state index is 0.219. The molecule has 6 heteroatoms. The molecule has 0 heterocycles. The van der Waals surface area contributed by atoms with Gasteiger partial charge in [0.1, 0.15) is 13.1 Å². The third kappa shape index (κ3) is 16.1. The maximum Gasteiger partial charge on any atom is 0.144 e. The van der Waals surface area contributed by atoms with E-state index in [-0.39, 0.29) is 6.61 Å². The number of carbonyl (C=O) groups is 2. The van der Waals surface area contributed by atoms with E-state index in [0.717, 1.165) is 18.4 Å². The molecule has 5 N–H and O–H groups in total. The lowest BCUT2D eigenvalue weighted by atomic mass is 9.94. The second-order valence-corrected chi connectivity index (χ2v) is 7.04. The minimum Gasteiger partial charge on any atom is -0.395 e. The molecular formula is C24H45N3O3. The van der Waals surface area contributed by atoms with Crippen LogP contribution in [0.5, 0.6) is 0 Å². The van der Waals surface area contributed by atoms with Crippen molar-refractivity contribution < 1.29 is 14.7 Å². The summed E-state index contributed by atoms with van der Waals surface area (Å²) in [5.74, 6) is 0.585. The van der Waals surface area contributed by atoms with Gasteiger partial charge in [-0.3, -0.25) is 4.79 Å². The molecule has 0 radical (unpaired) electrons. The summed E-state index contributed by atoms with van der Waals surface area (Å²) < 4.78 is 0. The van der Waals surface area contributed by atoms with Crippen molar-refractivity contribution in [1.82, 2.24) is 10.6 Å². The van der Waals surface area contributed by atoms with Gasteiger partial charge in [0.15, 0.2) is 0 Å². The normalized spacial score (nSPS) is 19.5. The first kappa shape index (κ1) is 30.4. The predicted octanol–water partition coefficient (Wildman–Crippen LogP) is 3.27. The molecule has 0 aromatic heterocycles. The van der Waals surface area contributed by atoms with Crippen molar-refractivity contribution in [2.75, 3.05) is 19.7 Å². The monoisotopic (exact) mass is 423 g/mol. The number of hydrogen-bond acceptors (Lipinski definition) is 6. The summed E-state index contributed by atoms with van der Waals surface area (Å²) >= 11 is 0. The average Bonchev–Trinajstić information content (AvgIpc) is 3.09. The summed E-state index contributed by atoms with van der Waals surface area (Å²) in [7, 11) is 0. The van der Waals surface area contributed by atoms with Crippen molar-refractivity contribution in [3.8, 4) is 0 Å². The van der Waals surface area contributed by atoms with Crippen molar-refractivity contribution >= 4 is 13.1 Å². The number of nitrogens with two attached hydrogens (primary N) is 1. The van der Waals surface area contributed by atoms with Crippen molar-refractivity contribution in [2.24, 2.45) is 11.7 Å². The highest BCUT2D eigenvalue weighted by Gasteiger charge is 2.13. The van der Waals surface area contributed by atoms with Gasteiger partial charge in [0, 0.05) is 30.9 Å². The highest BCUT2D eigenvalue weighted by Crippen LogP contribution is 2.18. The molecule has 2 unspecified atom stereocenters. The Labute approximate surface area is 184 Å². The number of aliphatic hydroxyl groups excluding tert-OH is 1. The van der Waals surface area contributed by atoms with E-state index in [2.05, 4.69) is 41.9 Å². The van der Waals surface area contributed by atoms with Crippen LogP contribution < -0.4 is 16.4 Å². The molecule has 0 amide bonds. The maximum absolute atomic E-state index is 10.3. The van der Waals surface area contributed by atoms with E-state index in [9.17, 15) is 4.79 Å². The lowest BCUT2D eigenvalue weighted by Gasteiger charge is -2.21. The summed E-state index contributed by atoms with van der Waals surface area (Å²) in [6, 6.07) is 0.977. The van der Waals surface area contributed by atoms with E-state index >= 15 is 0 Å². The number of aliphatic hydroxyl groups is 1. The average molecular weight is 424 g/mol. The van der Waals surface area contributed by atoms with Gasteiger partial charge in [-0.05, 0) is 38.2 Å². The van der Waals surface area contributed by atoms with E-state index in [4.69, 9.17) is 15.6 Å². The molecule has 30 heavy (non-hydrogen) atoms. The molecule has 2 aliphatic rings. The number of hydrogen-bond donors (Lipinski definition) is 4. The molecule has 1 fully saturated rings. The number of aldehydes is 1. The quantitative estimate of drug-likeness (QED) is 0.271. The van der Waals surface area contributed by atoms with Crippen LogP contribution in [0.15, 0.2) is 36.1 Å². The van der Waals surface area contributed by atoms with Crippen LogP contribution in [0.1, 0.15) is 65.7 Å². The first-order valence-corrected chi connectivity index (χ1v) is 11.3. The van der Waals surface area contributed by atoms with E-state index < -0.39 is 0 Å². The molecule has 0 spiro atoms. The highest BCUT2D eigenvalue weighted by atomic mass is 16.3. The standard InChI is InChI=1S/C11H20N2O.C10H17NO.C2H6.CH2O/c12-9-11(7-8-14)13-10-5-3-1-2-4-6-10;1-9(11-7-8-12)10-5-3-2-4-6-10;2*1-2/h7-8,10,13H,1-6,9,12H2;2-5,9-12H,6-8H2,1H3;1-2H3;1H2/b11-7+;;;. The molecule has 0 aromatic rings. The fourth-order valence-electron chi connectivity index (χ4n) is 3.36. The SMILES string of the molecule is C=O.CC.CC(NCCO)C1C=CC=CC1.NC/C(=C\C=O)NC1CCCCCC1. The van der Waals surface area contributed by atoms with Gasteiger partial charge in [0.05, 0.1) is 6.61 Å². The lowest BCUT2D eigenvalue weighted by molar-refractivity contribution is -0.104. The summed E-state index contributed by atoms with van der Waals surface area (Å²) in [4.78, 5) is 18.3. The van der Waals surface area contributed by atoms with Gasteiger partial charge in [0.25, 0.3) is 0 Å².